The van der Waals surface area contributed by atoms with Gasteiger partial charge in [0.05, 0.1) is 17.3 Å². The molecule has 9 heteroatoms. The van der Waals surface area contributed by atoms with Gasteiger partial charge in [-0.25, -0.2) is 13.6 Å². The Morgan fingerprint density at radius 1 is 1.12 bits per heavy atom. The van der Waals surface area contributed by atoms with E-state index in [9.17, 15) is 13.6 Å². The lowest BCUT2D eigenvalue weighted by molar-refractivity contribution is -0.0399. The second-order valence-electron chi connectivity index (χ2n) is 9.38. The van der Waals surface area contributed by atoms with E-state index in [2.05, 4.69) is 26.5 Å². The summed E-state index contributed by atoms with van der Waals surface area (Å²) in [5.41, 5.74) is 4.35. The van der Waals surface area contributed by atoms with Gasteiger partial charge in [0.1, 0.15) is 0 Å². The fourth-order valence-corrected chi connectivity index (χ4v) is 4.76. The summed E-state index contributed by atoms with van der Waals surface area (Å²) in [6.45, 7) is 7.78. The molecule has 180 valence electrons. The number of nitrogens with zero attached hydrogens (tertiary/aromatic N) is 5. The molecule has 1 aliphatic carbocycles. The Hall–Kier alpha value is -3.28. The number of hydrogen-bond acceptors (Lipinski definition) is 5. The van der Waals surface area contributed by atoms with Crippen molar-refractivity contribution in [3.8, 4) is 17.3 Å². The van der Waals surface area contributed by atoms with Crippen molar-refractivity contribution < 1.29 is 13.6 Å². The van der Waals surface area contributed by atoms with Crippen LogP contribution in [0.25, 0.3) is 11.3 Å². The van der Waals surface area contributed by atoms with Crippen LogP contribution in [0.2, 0.25) is 0 Å². The molecule has 7 nitrogen and oxygen atoms in total. The molecule has 0 bridgehead atoms. The number of amides is 2. The van der Waals surface area contributed by atoms with E-state index >= 15 is 0 Å². The van der Waals surface area contributed by atoms with Gasteiger partial charge in [-0.2, -0.15) is 5.26 Å². The van der Waals surface area contributed by atoms with E-state index in [0.717, 1.165) is 28.2 Å². The maximum Gasteiger partial charge on any atom is 0.317 e. The molecule has 4 rings (SSSR count). The monoisotopic (exact) mass is 468 g/mol. The van der Waals surface area contributed by atoms with Gasteiger partial charge in [0.2, 0.25) is 5.92 Å². The Morgan fingerprint density at radius 3 is 2.41 bits per heavy atom. The zero-order valence-corrected chi connectivity index (χ0v) is 19.8. The first-order chi connectivity index (χ1) is 16.2. The molecule has 1 aromatic carbocycles. The number of alkyl halides is 2. The minimum Gasteiger partial charge on any atom is -0.351 e. The van der Waals surface area contributed by atoms with Crippen LogP contribution in [0.5, 0.6) is 0 Å². The summed E-state index contributed by atoms with van der Waals surface area (Å²) in [6, 6.07) is 8.98. The SMILES string of the molecule is Cc1c(-c2ccc(C#N)cc2)nnc(N2CCN(C(=O)NC3CCC(F)(F)CC3)[C@@H](C)C2)c1C. The maximum atomic E-state index is 13.4. The average molecular weight is 469 g/mol. The van der Waals surface area contributed by atoms with Crippen molar-refractivity contribution in [2.45, 2.75) is 64.5 Å². The first-order valence-electron chi connectivity index (χ1n) is 11.7. The number of urea groups is 1. The molecule has 0 spiro atoms. The Kier molecular flexibility index (Phi) is 6.69. The lowest BCUT2D eigenvalue weighted by Crippen LogP contribution is -2.58. The number of carbonyl (C=O) groups excluding carboxylic acids is 1. The van der Waals surface area contributed by atoms with Crippen LogP contribution < -0.4 is 10.2 Å². The first-order valence-corrected chi connectivity index (χ1v) is 11.7. The molecular formula is C25H30F2N6O. The van der Waals surface area contributed by atoms with Gasteiger partial charge in [-0.3, -0.25) is 0 Å². The van der Waals surface area contributed by atoms with Crippen molar-refractivity contribution in [1.82, 2.24) is 20.4 Å². The van der Waals surface area contributed by atoms with Gasteiger partial charge in [0.25, 0.3) is 0 Å². The summed E-state index contributed by atoms with van der Waals surface area (Å²) in [7, 11) is 0. The van der Waals surface area contributed by atoms with Crippen molar-refractivity contribution in [2.75, 3.05) is 24.5 Å². The molecule has 1 aromatic heterocycles. The molecule has 1 saturated heterocycles. The summed E-state index contributed by atoms with van der Waals surface area (Å²) < 4.78 is 26.8. The highest BCUT2D eigenvalue weighted by Gasteiger charge is 2.37. The topological polar surface area (TPSA) is 85.2 Å². The fraction of sp³-hybridized carbons (Fsp3) is 0.520. The van der Waals surface area contributed by atoms with Gasteiger partial charge >= 0.3 is 6.03 Å². The van der Waals surface area contributed by atoms with E-state index < -0.39 is 5.92 Å². The largest absolute Gasteiger partial charge is 0.351 e. The van der Waals surface area contributed by atoms with Crippen LogP contribution in [0.4, 0.5) is 19.4 Å². The number of nitrogens with one attached hydrogen (secondary N) is 1. The molecule has 1 N–H and O–H groups in total. The Labute approximate surface area is 198 Å². The van der Waals surface area contributed by atoms with Crippen LogP contribution in [0, 0.1) is 25.2 Å². The van der Waals surface area contributed by atoms with Gasteiger partial charge in [-0.1, -0.05) is 12.1 Å². The molecule has 0 unspecified atom stereocenters. The van der Waals surface area contributed by atoms with Crippen LogP contribution in [-0.2, 0) is 0 Å². The fourth-order valence-electron chi connectivity index (χ4n) is 4.76. The van der Waals surface area contributed by atoms with Crippen LogP contribution >= 0.6 is 0 Å². The minimum absolute atomic E-state index is 0.0570. The van der Waals surface area contributed by atoms with Gasteiger partial charge in [-0.05, 0) is 56.9 Å². The summed E-state index contributed by atoms with van der Waals surface area (Å²) in [5.74, 6) is -1.80. The van der Waals surface area contributed by atoms with Crippen LogP contribution in [0.15, 0.2) is 24.3 Å². The summed E-state index contributed by atoms with van der Waals surface area (Å²) >= 11 is 0. The second kappa shape index (κ2) is 9.53. The number of anilines is 1. The van der Waals surface area contributed by atoms with Gasteiger partial charge < -0.3 is 15.1 Å². The van der Waals surface area contributed by atoms with Gasteiger partial charge in [0.15, 0.2) is 5.82 Å². The summed E-state index contributed by atoms with van der Waals surface area (Å²) in [4.78, 5) is 16.7. The third-order valence-corrected chi connectivity index (χ3v) is 7.02. The third kappa shape index (κ3) is 4.96. The lowest BCUT2D eigenvalue weighted by Gasteiger charge is -2.41. The number of nitriles is 1. The van der Waals surface area contributed by atoms with Crippen LogP contribution in [0.3, 0.4) is 0 Å². The minimum atomic E-state index is -2.60. The van der Waals surface area contributed by atoms with Crippen molar-refractivity contribution >= 4 is 11.8 Å². The highest BCUT2D eigenvalue weighted by atomic mass is 19.3. The zero-order valence-electron chi connectivity index (χ0n) is 19.8. The maximum absolute atomic E-state index is 13.4. The number of hydrogen-bond donors (Lipinski definition) is 1. The molecule has 1 atom stereocenters. The number of carbonyl (C=O) groups is 1. The Bertz CT molecular complexity index is 1090. The number of piperazine rings is 1. The van der Waals surface area contributed by atoms with Gasteiger partial charge in [0, 0.05) is 50.1 Å². The quantitative estimate of drug-likeness (QED) is 0.720. The third-order valence-electron chi connectivity index (χ3n) is 7.02. The Balaban J connectivity index is 1.41. The normalized spacial score (nSPS) is 20.6. The lowest BCUT2D eigenvalue weighted by atomic mass is 9.92. The van der Waals surface area contributed by atoms with E-state index in [0.29, 0.717) is 38.0 Å². The standard InChI is InChI=1S/C25H30F2N6O/c1-16-15-32(12-13-33(16)24(34)29-21-8-10-25(26,27)11-9-21)23-18(3)17(2)22(30-31-23)20-6-4-19(14-28)5-7-20/h4-7,16,21H,8-13,15H2,1-3H3,(H,29,34)/t16-/m0/s1. The van der Waals surface area contributed by atoms with Gasteiger partial charge in [-0.15, -0.1) is 10.2 Å². The first kappa shape index (κ1) is 23.9. The molecule has 2 amide bonds. The number of benzene rings is 1. The van der Waals surface area contributed by atoms with Crippen molar-refractivity contribution in [3.05, 3.63) is 41.0 Å². The predicted molar refractivity (Wildman–Crippen MR) is 126 cm³/mol. The zero-order chi connectivity index (χ0) is 24.5. The molecular weight excluding hydrogens is 438 g/mol. The highest BCUT2D eigenvalue weighted by molar-refractivity contribution is 5.75. The highest BCUT2D eigenvalue weighted by Crippen LogP contribution is 2.33. The molecule has 2 fully saturated rings. The molecule has 1 aliphatic heterocycles. The second-order valence-corrected chi connectivity index (χ2v) is 9.38. The van der Waals surface area contributed by atoms with E-state index in [4.69, 9.17) is 5.26 Å². The van der Waals surface area contributed by atoms with E-state index in [1.165, 1.54) is 0 Å². The molecule has 2 aliphatic rings. The number of halogens is 2. The van der Waals surface area contributed by atoms with Crippen molar-refractivity contribution in [1.29, 1.82) is 5.26 Å². The van der Waals surface area contributed by atoms with Crippen molar-refractivity contribution in [2.24, 2.45) is 0 Å². The van der Waals surface area contributed by atoms with E-state index in [-0.39, 0.29) is 31.0 Å². The summed E-state index contributed by atoms with van der Waals surface area (Å²) in [6.07, 6.45) is 0.285. The summed E-state index contributed by atoms with van der Waals surface area (Å²) in [5, 5.41) is 21.0. The molecule has 1 saturated carbocycles. The van der Waals surface area contributed by atoms with Crippen LogP contribution in [-0.4, -0.2) is 58.8 Å². The Morgan fingerprint density at radius 2 is 1.79 bits per heavy atom. The number of rotatable bonds is 3. The van der Waals surface area contributed by atoms with E-state index in [1.807, 2.05) is 32.9 Å². The average Bonchev–Trinajstić information content (AvgIpc) is 2.82. The van der Waals surface area contributed by atoms with E-state index in [1.54, 1.807) is 17.0 Å². The molecule has 2 heterocycles. The molecule has 0 radical (unpaired) electrons. The van der Waals surface area contributed by atoms with Crippen LogP contribution in [0.1, 0.15) is 49.3 Å². The smallest absolute Gasteiger partial charge is 0.317 e. The molecule has 2 aromatic rings. The number of aromatic nitrogens is 2. The molecule has 34 heavy (non-hydrogen) atoms. The predicted octanol–water partition coefficient (Wildman–Crippen LogP) is 4.43. The van der Waals surface area contributed by atoms with Crippen molar-refractivity contribution in [3.63, 3.8) is 0 Å².